The molecule has 2 nitrogen and oxygen atoms in total. The van der Waals surface area contributed by atoms with Gasteiger partial charge in [-0.3, -0.25) is 0 Å². The van der Waals surface area contributed by atoms with E-state index >= 15 is 0 Å². The molecule has 0 unspecified atom stereocenters. The van der Waals surface area contributed by atoms with Crippen molar-refractivity contribution in [3.63, 3.8) is 0 Å². The number of halogens is 4. The van der Waals surface area contributed by atoms with E-state index < -0.39 is 12.2 Å². The van der Waals surface area contributed by atoms with Crippen LogP contribution in [0.3, 0.4) is 0 Å². The smallest absolute Gasteiger partial charge is 0.405 e. The summed E-state index contributed by atoms with van der Waals surface area (Å²) in [6.07, 6.45) is -4.78. The summed E-state index contributed by atoms with van der Waals surface area (Å²) < 4.78 is 54.9. The van der Waals surface area contributed by atoms with E-state index in [-0.39, 0.29) is 11.3 Å². The summed E-state index contributed by atoms with van der Waals surface area (Å²) in [4.78, 5) is 3.02. The maximum absolute atomic E-state index is 13.3. The third-order valence-electron chi connectivity index (χ3n) is 3.40. The van der Waals surface area contributed by atoms with Crippen molar-refractivity contribution in [2.24, 2.45) is 0 Å². The van der Waals surface area contributed by atoms with Crippen LogP contribution in [-0.2, 0) is 0 Å². The molecule has 3 rings (SSSR count). The molecule has 0 atom stereocenters. The fourth-order valence-corrected chi connectivity index (χ4v) is 2.46. The van der Waals surface area contributed by atoms with E-state index in [2.05, 4.69) is 9.72 Å². The molecular formula is C16H11F4NO. The first-order chi connectivity index (χ1) is 10.3. The van der Waals surface area contributed by atoms with E-state index in [1.807, 2.05) is 0 Å². The first kappa shape index (κ1) is 14.4. The second kappa shape index (κ2) is 5.05. The van der Waals surface area contributed by atoms with Crippen LogP contribution in [-0.4, -0.2) is 11.3 Å². The van der Waals surface area contributed by atoms with Crippen molar-refractivity contribution >= 4 is 10.9 Å². The van der Waals surface area contributed by atoms with Crippen LogP contribution in [0.1, 0.15) is 5.56 Å². The van der Waals surface area contributed by atoms with Crippen molar-refractivity contribution < 1.29 is 22.3 Å². The molecule has 114 valence electrons. The van der Waals surface area contributed by atoms with Crippen LogP contribution in [0, 0.1) is 12.7 Å². The Balaban J connectivity index is 2.18. The molecule has 1 heterocycles. The Kier molecular flexibility index (Phi) is 3.31. The monoisotopic (exact) mass is 309 g/mol. The molecule has 0 aliphatic heterocycles. The largest absolute Gasteiger partial charge is 0.573 e. The van der Waals surface area contributed by atoms with Crippen LogP contribution >= 0.6 is 0 Å². The molecule has 6 heteroatoms. The number of rotatable bonds is 2. The lowest BCUT2D eigenvalue weighted by molar-refractivity contribution is -0.274. The topological polar surface area (TPSA) is 25.0 Å². The van der Waals surface area contributed by atoms with Crippen molar-refractivity contribution in [1.29, 1.82) is 0 Å². The number of benzene rings is 2. The lowest BCUT2D eigenvalue weighted by atomic mass is 10.1. The maximum atomic E-state index is 13.3. The van der Waals surface area contributed by atoms with Crippen LogP contribution in [0.15, 0.2) is 42.5 Å². The zero-order valence-corrected chi connectivity index (χ0v) is 11.5. The minimum atomic E-state index is -4.78. The van der Waals surface area contributed by atoms with Gasteiger partial charge in [-0.05, 0) is 42.8 Å². The van der Waals surface area contributed by atoms with E-state index in [1.54, 1.807) is 19.1 Å². The van der Waals surface area contributed by atoms with Gasteiger partial charge >= 0.3 is 6.36 Å². The normalized spacial score (nSPS) is 11.9. The highest BCUT2D eigenvalue weighted by Crippen LogP contribution is 2.37. The van der Waals surface area contributed by atoms with Gasteiger partial charge in [-0.2, -0.15) is 0 Å². The standard InChI is InChI=1S/C16H11F4NO/c1-9-12-8-10(17)6-7-13(12)21-15(9)11-4-2-3-5-14(11)22-16(18,19)20/h2-8,21H,1H3. The molecule has 2 aromatic carbocycles. The van der Waals surface area contributed by atoms with Crippen LogP contribution < -0.4 is 4.74 Å². The highest BCUT2D eigenvalue weighted by atomic mass is 19.4. The van der Waals surface area contributed by atoms with Crippen LogP contribution in [0.4, 0.5) is 17.6 Å². The Morgan fingerprint density at radius 3 is 2.50 bits per heavy atom. The molecule has 1 N–H and O–H groups in total. The first-order valence-electron chi connectivity index (χ1n) is 6.48. The van der Waals surface area contributed by atoms with E-state index in [4.69, 9.17) is 0 Å². The molecular weight excluding hydrogens is 298 g/mol. The van der Waals surface area contributed by atoms with Crippen LogP contribution in [0.25, 0.3) is 22.2 Å². The van der Waals surface area contributed by atoms with Gasteiger partial charge in [0.25, 0.3) is 0 Å². The molecule has 0 radical (unpaired) electrons. The van der Waals surface area contributed by atoms with E-state index in [1.165, 1.54) is 30.3 Å². The predicted molar refractivity (Wildman–Crippen MR) is 75.1 cm³/mol. The summed E-state index contributed by atoms with van der Waals surface area (Å²) >= 11 is 0. The highest BCUT2D eigenvalue weighted by Gasteiger charge is 2.32. The second-order valence-electron chi connectivity index (χ2n) is 4.86. The highest BCUT2D eigenvalue weighted by molar-refractivity contribution is 5.91. The summed E-state index contributed by atoms with van der Waals surface area (Å²) in [5, 5.41) is 0.622. The quantitative estimate of drug-likeness (QED) is 0.648. The van der Waals surface area contributed by atoms with Gasteiger partial charge in [-0.25, -0.2) is 4.39 Å². The zero-order valence-electron chi connectivity index (χ0n) is 11.5. The van der Waals surface area contributed by atoms with Crippen LogP contribution in [0.2, 0.25) is 0 Å². The molecule has 3 aromatic rings. The summed E-state index contributed by atoms with van der Waals surface area (Å²) in [5.74, 6) is -0.703. The van der Waals surface area contributed by atoms with Gasteiger partial charge in [0.15, 0.2) is 0 Å². The van der Waals surface area contributed by atoms with Crippen molar-refractivity contribution in [1.82, 2.24) is 4.98 Å². The third kappa shape index (κ3) is 2.64. The Bertz CT molecular complexity index is 836. The van der Waals surface area contributed by atoms with Crippen molar-refractivity contribution in [3.8, 4) is 17.0 Å². The Hall–Kier alpha value is -2.50. The van der Waals surface area contributed by atoms with Gasteiger partial charge in [0.1, 0.15) is 11.6 Å². The number of alkyl halides is 3. The number of hydrogen-bond acceptors (Lipinski definition) is 1. The predicted octanol–water partition coefficient (Wildman–Crippen LogP) is 5.18. The molecule has 0 aliphatic carbocycles. The van der Waals surface area contributed by atoms with E-state index in [0.717, 1.165) is 0 Å². The number of H-pyrrole nitrogens is 1. The minimum absolute atomic E-state index is 0.272. The van der Waals surface area contributed by atoms with Gasteiger partial charge in [-0.1, -0.05) is 12.1 Å². The molecule has 0 aliphatic rings. The van der Waals surface area contributed by atoms with Gasteiger partial charge in [0.05, 0.1) is 5.69 Å². The Morgan fingerprint density at radius 2 is 1.77 bits per heavy atom. The number of para-hydroxylation sites is 1. The van der Waals surface area contributed by atoms with E-state index in [0.29, 0.717) is 22.2 Å². The summed E-state index contributed by atoms with van der Waals surface area (Å²) in [5.41, 5.74) is 2.05. The fourth-order valence-electron chi connectivity index (χ4n) is 2.46. The molecule has 0 spiro atoms. The van der Waals surface area contributed by atoms with Crippen LogP contribution in [0.5, 0.6) is 5.75 Å². The molecule has 0 saturated carbocycles. The molecule has 0 bridgehead atoms. The number of fused-ring (bicyclic) bond motifs is 1. The summed E-state index contributed by atoms with van der Waals surface area (Å²) in [7, 11) is 0. The third-order valence-corrected chi connectivity index (χ3v) is 3.40. The Morgan fingerprint density at radius 1 is 1.05 bits per heavy atom. The average molecular weight is 309 g/mol. The number of aromatic nitrogens is 1. The number of hydrogen-bond donors (Lipinski definition) is 1. The number of ether oxygens (including phenoxy) is 1. The fraction of sp³-hybridized carbons (Fsp3) is 0.125. The van der Waals surface area contributed by atoms with Crippen molar-refractivity contribution in [2.75, 3.05) is 0 Å². The number of aromatic amines is 1. The lowest BCUT2D eigenvalue weighted by Crippen LogP contribution is -2.17. The number of nitrogens with one attached hydrogen (secondary N) is 1. The van der Waals surface area contributed by atoms with Gasteiger partial charge in [0, 0.05) is 16.5 Å². The molecule has 0 saturated heterocycles. The van der Waals surface area contributed by atoms with Gasteiger partial charge in [0.2, 0.25) is 0 Å². The first-order valence-corrected chi connectivity index (χ1v) is 6.48. The molecule has 1 aromatic heterocycles. The summed E-state index contributed by atoms with van der Waals surface area (Å²) in [6, 6.07) is 10.0. The molecule has 22 heavy (non-hydrogen) atoms. The minimum Gasteiger partial charge on any atom is -0.405 e. The maximum Gasteiger partial charge on any atom is 0.573 e. The lowest BCUT2D eigenvalue weighted by Gasteiger charge is -2.12. The number of aryl methyl sites for hydroxylation is 1. The molecule has 0 amide bonds. The van der Waals surface area contributed by atoms with Crippen molar-refractivity contribution in [2.45, 2.75) is 13.3 Å². The Labute approximate surface area is 123 Å². The molecule has 0 fully saturated rings. The second-order valence-corrected chi connectivity index (χ2v) is 4.86. The van der Waals surface area contributed by atoms with Gasteiger partial charge in [-0.15, -0.1) is 13.2 Å². The summed E-state index contributed by atoms with van der Waals surface area (Å²) in [6.45, 7) is 1.72. The SMILES string of the molecule is Cc1c(-c2ccccc2OC(F)(F)F)[nH]c2ccc(F)cc12. The zero-order chi connectivity index (χ0) is 15.9. The average Bonchev–Trinajstić information content (AvgIpc) is 2.75. The van der Waals surface area contributed by atoms with Crippen molar-refractivity contribution in [3.05, 3.63) is 53.8 Å². The van der Waals surface area contributed by atoms with Gasteiger partial charge < -0.3 is 9.72 Å². The van der Waals surface area contributed by atoms with E-state index in [9.17, 15) is 17.6 Å².